The SMILES string of the molecule is COc1ccc(-c2cc(C(F)(F)F)c3c(=O)[nH]c(=S)n(C)c3n2)cc1. The minimum absolute atomic E-state index is 0.00925. The highest BCUT2D eigenvalue weighted by atomic mass is 32.1. The molecule has 0 aliphatic carbocycles. The van der Waals surface area contributed by atoms with Gasteiger partial charge in [0.1, 0.15) is 11.4 Å². The largest absolute Gasteiger partial charge is 0.497 e. The molecule has 0 aliphatic heterocycles. The topological polar surface area (TPSA) is 59.9 Å². The first-order valence-corrected chi connectivity index (χ1v) is 7.49. The summed E-state index contributed by atoms with van der Waals surface area (Å²) in [5.41, 5.74) is -1.57. The number of alkyl halides is 3. The molecule has 0 aliphatic rings. The number of nitrogens with one attached hydrogen (secondary N) is 1. The van der Waals surface area contributed by atoms with Crippen LogP contribution in [0.2, 0.25) is 0 Å². The highest BCUT2D eigenvalue weighted by Gasteiger charge is 2.35. The molecule has 0 fully saturated rings. The molecule has 0 unspecified atom stereocenters. The predicted octanol–water partition coefficient (Wildman–Crippen LogP) is 3.69. The summed E-state index contributed by atoms with van der Waals surface area (Å²) in [6.07, 6.45) is -4.72. The molecule has 0 spiro atoms. The molecule has 3 aromatic rings. The van der Waals surface area contributed by atoms with E-state index in [0.29, 0.717) is 11.3 Å². The van der Waals surface area contributed by atoms with Gasteiger partial charge in [0.25, 0.3) is 5.56 Å². The summed E-state index contributed by atoms with van der Waals surface area (Å²) >= 11 is 4.97. The van der Waals surface area contributed by atoms with E-state index in [1.54, 1.807) is 24.3 Å². The van der Waals surface area contributed by atoms with E-state index in [0.717, 1.165) is 6.07 Å². The Morgan fingerprint density at radius 2 is 1.88 bits per heavy atom. The van der Waals surface area contributed by atoms with Gasteiger partial charge in [0, 0.05) is 12.6 Å². The molecule has 0 amide bonds. The molecule has 0 saturated heterocycles. The van der Waals surface area contributed by atoms with E-state index in [1.807, 2.05) is 0 Å². The molecule has 0 atom stereocenters. The van der Waals surface area contributed by atoms with Crippen LogP contribution >= 0.6 is 12.2 Å². The van der Waals surface area contributed by atoms with Gasteiger partial charge in [-0.05, 0) is 42.5 Å². The Balaban J connectivity index is 2.40. The minimum Gasteiger partial charge on any atom is -0.497 e. The van der Waals surface area contributed by atoms with Crippen molar-refractivity contribution in [3.05, 3.63) is 51.0 Å². The number of hydrogen-bond donors (Lipinski definition) is 1. The molecule has 130 valence electrons. The smallest absolute Gasteiger partial charge is 0.417 e. The van der Waals surface area contributed by atoms with Crippen LogP contribution in [0.3, 0.4) is 0 Å². The van der Waals surface area contributed by atoms with Crippen LogP contribution < -0.4 is 10.3 Å². The van der Waals surface area contributed by atoms with Gasteiger partial charge in [0.15, 0.2) is 4.77 Å². The number of aryl methyl sites for hydroxylation is 1. The van der Waals surface area contributed by atoms with Crippen LogP contribution in [-0.4, -0.2) is 21.6 Å². The van der Waals surface area contributed by atoms with Gasteiger partial charge >= 0.3 is 6.18 Å². The normalized spacial score (nSPS) is 11.7. The van der Waals surface area contributed by atoms with Crippen LogP contribution in [0.25, 0.3) is 22.3 Å². The number of nitrogens with zero attached hydrogens (tertiary/aromatic N) is 2. The van der Waals surface area contributed by atoms with Crippen LogP contribution in [0, 0.1) is 4.77 Å². The molecule has 0 bridgehead atoms. The molecule has 9 heteroatoms. The van der Waals surface area contributed by atoms with E-state index in [2.05, 4.69) is 9.97 Å². The number of rotatable bonds is 2. The van der Waals surface area contributed by atoms with E-state index in [4.69, 9.17) is 17.0 Å². The van der Waals surface area contributed by atoms with Crippen LogP contribution in [0.4, 0.5) is 13.2 Å². The maximum Gasteiger partial charge on any atom is 0.417 e. The van der Waals surface area contributed by atoms with E-state index in [1.165, 1.54) is 18.7 Å². The lowest BCUT2D eigenvalue weighted by atomic mass is 10.1. The Morgan fingerprint density at radius 1 is 1.24 bits per heavy atom. The molecule has 1 N–H and O–H groups in total. The number of benzene rings is 1. The van der Waals surface area contributed by atoms with Gasteiger partial charge in [-0.1, -0.05) is 0 Å². The number of H-pyrrole nitrogens is 1. The predicted molar refractivity (Wildman–Crippen MR) is 89.2 cm³/mol. The highest BCUT2D eigenvalue weighted by Crippen LogP contribution is 2.35. The number of halogens is 3. The second kappa shape index (κ2) is 5.99. The zero-order chi connectivity index (χ0) is 18.4. The number of fused-ring (bicyclic) bond motifs is 1. The molecule has 2 heterocycles. The van der Waals surface area contributed by atoms with Crippen molar-refractivity contribution in [1.82, 2.24) is 14.5 Å². The van der Waals surface area contributed by atoms with Crippen molar-refractivity contribution in [3.63, 3.8) is 0 Å². The van der Waals surface area contributed by atoms with Crippen molar-refractivity contribution < 1.29 is 17.9 Å². The molecular weight excluding hydrogens is 355 g/mol. The Labute approximate surface area is 144 Å². The van der Waals surface area contributed by atoms with Crippen molar-refractivity contribution in [1.29, 1.82) is 0 Å². The maximum absolute atomic E-state index is 13.5. The molecule has 2 aromatic heterocycles. The molecule has 1 aromatic carbocycles. The van der Waals surface area contributed by atoms with Crippen molar-refractivity contribution >= 4 is 23.3 Å². The first-order valence-electron chi connectivity index (χ1n) is 7.08. The fraction of sp³-hybridized carbons (Fsp3) is 0.188. The van der Waals surface area contributed by atoms with Crippen molar-refractivity contribution in [2.24, 2.45) is 7.05 Å². The summed E-state index contributed by atoms with van der Waals surface area (Å²) in [7, 11) is 2.94. The van der Waals surface area contributed by atoms with Crippen molar-refractivity contribution in [2.45, 2.75) is 6.18 Å². The molecule has 0 saturated carbocycles. The number of ether oxygens (including phenoxy) is 1. The molecule has 0 radical (unpaired) electrons. The summed E-state index contributed by atoms with van der Waals surface area (Å²) in [4.78, 5) is 18.5. The summed E-state index contributed by atoms with van der Waals surface area (Å²) < 4.78 is 46.8. The third-order valence-electron chi connectivity index (χ3n) is 3.76. The Morgan fingerprint density at radius 3 is 2.44 bits per heavy atom. The second-order valence-electron chi connectivity index (χ2n) is 5.30. The highest BCUT2D eigenvalue weighted by molar-refractivity contribution is 7.71. The van der Waals surface area contributed by atoms with E-state index < -0.39 is 22.7 Å². The lowest BCUT2D eigenvalue weighted by molar-refractivity contribution is -0.136. The van der Waals surface area contributed by atoms with Gasteiger partial charge in [-0.25, -0.2) is 4.98 Å². The quantitative estimate of drug-likeness (QED) is 0.702. The average Bonchev–Trinajstić information content (AvgIpc) is 2.58. The molecule has 3 rings (SSSR count). The Bertz CT molecular complexity index is 1070. The van der Waals surface area contributed by atoms with Gasteiger partial charge in [-0.2, -0.15) is 13.2 Å². The summed E-state index contributed by atoms with van der Waals surface area (Å²) in [5, 5.41) is -0.541. The van der Waals surface area contributed by atoms with Crippen molar-refractivity contribution in [2.75, 3.05) is 7.11 Å². The van der Waals surface area contributed by atoms with Gasteiger partial charge in [0.2, 0.25) is 0 Å². The lowest BCUT2D eigenvalue weighted by Gasteiger charge is -2.14. The number of hydrogen-bond acceptors (Lipinski definition) is 4. The third kappa shape index (κ3) is 3.02. The zero-order valence-corrected chi connectivity index (χ0v) is 14.0. The van der Waals surface area contributed by atoms with E-state index in [9.17, 15) is 18.0 Å². The number of aromatic nitrogens is 3. The number of methoxy groups -OCH3 is 1. The second-order valence-corrected chi connectivity index (χ2v) is 5.68. The van der Waals surface area contributed by atoms with Gasteiger partial charge < -0.3 is 9.30 Å². The molecule has 25 heavy (non-hydrogen) atoms. The molecule has 5 nitrogen and oxygen atoms in total. The third-order valence-corrected chi connectivity index (χ3v) is 4.14. The van der Waals surface area contributed by atoms with Gasteiger partial charge in [0.05, 0.1) is 23.8 Å². The lowest BCUT2D eigenvalue weighted by Crippen LogP contribution is -2.19. The first kappa shape index (κ1) is 17.2. The Hall–Kier alpha value is -2.68. The maximum atomic E-state index is 13.5. The monoisotopic (exact) mass is 367 g/mol. The van der Waals surface area contributed by atoms with E-state index in [-0.39, 0.29) is 16.1 Å². The van der Waals surface area contributed by atoms with Crippen LogP contribution in [0.15, 0.2) is 35.1 Å². The average molecular weight is 367 g/mol. The number of aromatic amines is 1. The van der Waals surface area contributed by atoms with Crippen LogP contribution in [0.1, 0.15) is 5.56 Å². The van der Waals surface area contributed by atoms with E-state index >= 15 is 0 Å². The summed E-state index contributed by atoms with van der Waals surface area (Å²) in [6.45, 7) is 0. The zero-order valence-electron chi connectivity index (χ0n) is 13.1. The van der Waals surface area contributed by atoms with Crippen LogP contribution in [0.5, 0.6) is 5.75 Å². The summed E-state index contributed by atoms with van der Waals surface area (Å²) in [6, 6.07) is 7.28. The van der Waals surface area contributed by atoms with Crippen LogP contribution in [-0.2, 0) is 13.2 Å². The Kier molecular flexibility index (Phi) is 4.11. The van der Waals surface area contributed by atoms with Crippen molar-refractivity contribution in [3.8, 4) is 17.0 Å². The molecular formula is C16H12F3N3O2S. The first-order chi connectivity index (χ1) is 11.7. The van der Waals surface area contributed by atoms with Gasteiger partial charge in [-0.15, -0.1) is 0 Å². The van der Waals surface area contributed by atoms with Gasteiger partial charge in [-0.3, -0.25) is 9.78 Å². The fourth-order valence-corrected chi connectivity index (χ4v) is 2.65. The number of pyridine rings is 1. The standard InChI is InChI=1S/C16H12F3N3O2S/c1-22-13-12(14(23)21-15(22)25)10(16(17,18)19)7-11(20-13)8-3-5-9(24-2)6-4-8/h3-7H,1-2H3,(H,21,23,25). The minimum atomic E-state index is -4.72. The summed E-state index contributed by atoms with van der Waals surface area (Å²) in [5.74, 6) is 0.565. The fourth-order valence-electron chi connectivity index (χ4n) is 2.47.